The van der Waals surface area contributed by atoms with Gasteiger partial charge in [-0.1, -0.05) is 20.8 Å². The first-order chi connectivity index (χ1) is 8.47. The largest absolute Gasteiger partial charge is 0.249 e. The molecule has 0 radical (unpaired) electrons. The molecule has 0 saturated carbocycles. The maximum atomic E-state index is 4.66. The third-order valence-electron chi connectivity index (χ3n) is 2.96. The lowest BCUT2D eigenvalue weighted by molar-refractivity contribution is 0.754. The second kappa shape index (κ2) is 5.49. The van der Waals surface area contributed by atoms with Gasteiger partial charge in [-0.05, 0) is 20.3 Å². The van der Waals surface area contributed by atoms with Crippen LogP contribution in [0.25, 0.3) is 0 Å². The summed E-state index contributed by atoms with van der Waals surface area (Å²) in [6.45, 7) is 10.9. The van der Waals surface area contributed by atoms with Crippen LogP contribution >= 0.6 is 22.7 Å². The molecule has 4 heteroatoms. The fourth-order valence-electron chi connectivity index (χ4n) is 1.85. The highest BCUT2D eigenvalue weighted by atomic mass is 32.1. The Labute approximate surface area is 117 Å². The molecule has 0 fully saturated rings. The van der Waals surface area contributed by atoms with Gasteiger partial charge in [0.05, 0.1) is 15.7 Å². The van der Waals surface area contributed by atoms with E-state index in [1.54, 1.807) is 0 Å². The zero-order valence-electron chi connectivity index (χ0n) is 11.7. The zero-order chi connectivity index (χ0) is 13.3. The van der Waals surface area contributed by atoms with Crippen LogP contribution in [0.4, 0.5) is 0 Å². The van der Waals surface area contributed by atoms with Crippen LogP contribution < -0.4 is 0 Å². The van der Waals surface area contributed by atoms with Crippen molar-refractivity contribution < 1.29 is 0 Å². The summed E-state index contributed by atoms with van der Waals surface area (Å²) in [5.74, 6) is 1.02. The van der Waals surface area contributed by atoms with E-state index in [0.717, 1.165) is 6.42 Å². The van der Waals surface area contributed by atoms with Gasteiger partial charge in [0.15, 0.2) is 0 Å². The summed E-state index contributed by atoms with van der Waals surface area (Å²) >= 11 is 3.67. The number of aromatic nitrogens is 2. The van der Waals surface area contributed by atoms with Crippen LogP contribution in [0.1, 0.15) is 58.1 Å². The van der Waals surface area contributed by atoms with Crippen molar-refractivity contribution in [1.82, 2.24) is 9.97 Å². The van der Waals surface area contributed by atoms with Gasteiger partial charge < -0.3 is 0 Å². The maximum Gasteiger partial charge on any atom is 0.0959 e. The molecule has 1 unspecified atom stereocenters. The minimum atomic E-state index is 0.489. The minimum Gasteiger partial charge on any atom is -0.249 e. The molecule has 0 amide bonds. The Kier molecular flexibility index (Phi) is 4.17. The lowest BCUT2D eigenvalue weighted by Gasteiger charge is -2.06. The van der Waals surface area contributed by atoms with Crippen molar-refractivity contribution in [3.05, 3.63) is 31.7 Å². The van der Waals surface area contributed by atoms with Gasteiger partial charge >= 0.3 is 0 Å². The van der Waals surface area contributed by atoms with Crippen molar-refractivity contribution in [2.45, 2.75) is 52.9 Å². The predicted molar refractivity (Wildman–Crippen MR) is 79.9 cm³/mol. The molecule has 1 atom stereocenters. The van der Waals surface area contributed by atoms with E-state index in [1.807, 2.05) is 28.9 Å². The van der Waals surface area contributed by atoms with Crippen LogP contribution in [-0.4, -0.2) is 9.97 Å². The quantitative estimate of drug-likeness (QED) is 0.812. The summed E-state index contributed by atoms with van der Waals surface area (Å²) < 4.78 is 0. The van der Waals surface area contributed by atoms with E-state index in [0.29, 0.717) is 11.8 Å². The Balaban J connectivity index is 2.14. The van der Waals surface area contributed by atoms with Crippen LogP contribution in [0.3, 0.4) is 0 Å². The Bertz CT molecular complexity index is 526. The van der Waals surface area contributed by atoms with Gasteiger partial charge in [-0.2, -0.15) is 0 Å². The lowest BCUT2D eigenvalue weighted by Crippen LogP contribution is -1.97. The first kappa shape index (κ1) is 13.7. The molecule has 0 aromatic carbocycles. The monoisotopic (exact) mass is 280 g/mol. The molecular weight excluding hydrogens is 260 g/mol. The SMILES string of the molecule is Cc1cnc(C(C)Cc2sc(C(C)C)nc2C)s1. The second-order valence-electron chi connectivity index (χ2n) is 5.13. The van der Waals surface area contributed by atoms with E-state index in [1.165, 1.54) is 25.5 Å². The second-order valence-corrected chi connectivity index (χ2v) is 7.51. The van der Waals surface area contributed by atoms with E-state index < -0.39 is 0 Å². The number of hydrogen-bond donors (Lipinski definition) is 0. The number of rotatable bonds is 4. The summed E-state index contributed by atoms with van der Waals surface area (Å²) in [5.41, 5.74) is 1.20. The molecule has 2 rings (SSSR count). The Morgan fingerprint density at radius 2 is 1.83 bits per heavy atom. The summed E-state index contributed by atoms with van der Waals surface area (Å²) in [7, 11) is 0. The molecule has 2 heterocycles. The van der Waals surface area contributed by atoms with Crippen molar-refractivity contribution in [3.8, 4) is 0 Å². The Hall–Kier alpha value is -0.740. The van der Waals surface area contributed by atoms with Crippen molar-refractivity contribution in [2.24, 2.45) is 0 Å². The minimum absolute atomic E-state index is 0.489. The normalized spacial score (nSPS) is 13.2. The third kappa shape index (κ3) is 2.98. The molecule has 2 aromatic heterocycles. The smallest absolute Gasteiger partial charge is 0.0959 e. The lowest BCUT2D eigenvalue weighted by atomic mass is 10.1. The van der Waals surface area contributed by atoms with Gasteiger partial charge in [0.25, 0.3) is 0 Å². The van der Waals surface area contributed by atoms with Gasteiger partial charge in [0, 0.05) is 27.8 Å². The third-order valence-corrected chi connectivity index (χ3v) is 5.58. The highest BCUT2D eigenvalue weighted by Crippen LogP contribution is 2.30. The highest BCUT2D eigenvalue weighted by molar-refractivity contribution is 7.12. The maximum absolute atomic E-state index is 4.66. The summed E-state index contributed by atoms with van der Waals surface area (Å²) in [6.07, 6.45) is 3.03. The molecule has 0 bridgehead atoms. The molecule has 2 nitrogen and oxygen atoms in total. The molecule has 18 heavy (non-hydrogen) atoms. The zero-order valence-corrected chi connectivity index (χ0v) is 13.3. The van der Waals surface area contributed by atoms with Crippen LogP contribution in [-0.2, 0) is 6.42 Å². The van der Waals surface area contributed by atoms with Crippen molar-refractivity contribution >= 4 is 22.7 Å². The van der Waals surface area contributed by atoms with Gasteiger partial charge in [0.1, 0.15) is 0 Å². The van der Waals surface area contributed by atoms with Crippen molar-refractivity contribution in [3.63, 3.8) is 0 Å². The molecule has 98 valence electrons. The van der Waals surface area contributed by atoms with Crippen molar-refractivity contribution in [1.29, 1.82) is 0 Å². The van der Waals surface area contributed by atoms with Gasteiger partial charge in [-0.3, -0.25) is 0 Å². The molecule has 2 aromatic rings. The number of aryl methyl sites for hydroxylation is 2. The van der Waals surface area contributed by atoms with Crippen LogP contribution in [0.15, 0.2) is 6.20 Å². The molecule has 0 aliphatic rings. The van der Waals surface area contributed by atoms with E-state index >= 15 is 0 Å². The number of thiazole rings is 2. The van der Waals surface area contributed by atoms with Crippen LogP contribution in [0.2, 0.25) is 0 Å². The fraction of sp³-hybridized carbons (Fsp3) is 0.571. The fourth-order valence-corrected chi connectivity index (χ4v) is 3.87. The van der Waals surface area contributed by atoms with Crippen LogP contribution in [0, 0.1) is 13.8 Å². The van der Waals surface area contributed by atoms with E-state index in [4.69, 9.17) is 0 Å². The first-order valence-electron chi connectivity index (χ1n) is 6.36. The highest BCUT2D eigenvalue weighted by Gasteiger charge is 2.16. The molecule has 0 N–H and O–H groups in total. The van der Waals surface area contributed by atoms with E-state index in [-0.39, 0.29) is 0 Å². The van der Waals surface area contributed by atoms with Gasteiger partial charge in [-0.15, -0.1) is 22.7 Å². The Morgan fingerprint density at radius 3 is 2.33 bits per heavy atom. The Morgan fingerprint density at radius 1 is 1.11 bits per heavy atom. The average molecular weight is 280 g/mol. The standard InChI is InChI=1S/C14H20N2S2/c1-8(2)13-16-11(5)12(18-13)6-9(3)14-15-7-10(4)17-14/h7-9H,6H2,1-5H3. The predicted octanol–water partition coefficient (Wildman–Crippen LogP) is 4.69. The average Bonchev–Trinajstić information content (AvgIpc) is 2.86. The number of nitrogens with zero attached hydrogens (tertiary/aromatic N) is 2. The van der Waals surface area contributed by atoms with Crippen molar-refractivity contribution in [2.75, 3.05) is 0 Å². The first-order valence-corrected chi connectivity index (χ1v) is 7.99. The van der Waals surface area contributed by atoms with Gasteiger partial charge in [-0.25, -0.2) is 9.97 Å². The topological polar surface area (TPSA) is 25.8 Å². The summed E-state index contributed by atoms with van der Waals surface area (Å²) in [6, 6.07) is 0. The molecular formula is C14H20N2S2. The molecule has 0 spiro atoms. The number of hydrogen-bond acceptors (Lipinski definition) is 4. The van der Waals surface area contributed by atoms with E-state index in [9.17, 15) is 0 Å². The van der Waals surface area contributed by atoms with E-state index in [2.05, 4.69) is 44.6 Å². The van der Waals surface area contributed by atoms with Gasteiger partial charge in [0.2, 0.25) is 0 Å². The van der Waals surface area contributed by atoms with Crippen LogP contribution in [0.5, 0.6) is 0 Å². The molecule has 0 aliphatic carbocycles. The molecule has 0 saturated heterocycles. The summed E-state index contributed by atoms with van der Waals surface area (Å²) in [4.78, 5) is 11.9. The molecule has 0 aliphatic heterocycles. The summed E-state index contributed by atoms with van der Waals surface area (Å²) in [5, 5.41) is 2.50.